The summed E-state index contributed by atoms with van der Waals surface area (Å²) in [6.45, 7) is 0. The van der Waals surface area contributed by atoms with Gasteiger partial charge in [-0.05, 0) is 55.0 Å². The number of hydrogen-bond acceptors (Lipinski definition) is 3. The summed E-state index contributed by atoms with van der Waals surface area (Å²) in [6.07, 6.45) is 5.35. The van der Waals surface area contributed by atoms with Crippen LogP contribution in [0.1, 0.15) is 32.1 Å². The molecule has 0 heterocycles. The fraction of sp³-hybridized carbons (Fsp3) is 0.500. The quantitative estimate of drug-likeness (QED) is 0.813. The third-order valence-electron chi connectivity index (χ3n) is 3.50. The van der Waals surface area contributed by atoms with Gasteiger partial charge in [0, 0.05) is 4.90 Å². The highest BCUT2D eigenvalue weighted by Gasteiger charge is 2.29. The van der Waals surface area contributed by atoms with Gasteiger partial charge in [0.05, 0.1) is 0 Å². The molecule has 1 fully saturated rings. The maximum atomic E-state index is 12.8. The van der Waals surface area contributed by atoms with E-state index in [1.807, 2.05) is 0 Å². The van der Waals surface area contributed by atoms with Gasteiger partial charge in [-0.2, -0.15) is 0 Å². The molecule has 19 heavy (non-hydrogen) atoms. The highest BCUT2D eigenvalue weighted by Crippen LogP contribution is 2.28. The van der Waals surface area contributed by atoms with E-state index in [0.29, 0.717) is 0 Å². The third kappa shape index (κ3) is 4.21. The summed E-state index contributed by atoms with van der Waals surface area (Å²) >= 11 is 1.26. The molecule has 2 rings (SSSR count). The Kier molecular flexibility index (Phi) is 5.22. The molecule has 0 radical (unpaired) electrons. The Labute approximate surface area is 116 Å². The topological polar surface area (TPSA) is 49.3 Å². The predicted octanol–water partition coefficient (Wildman–Crippen LogP) is 3.46. The van der Waals surface area contributed by atoms with Crippen LogP contribution in [0, 0.1) is 11.7 Å². The van der Waals surface area contributed by atoms with Crippen molar-refractivity contribution >= 4 is 17.9 Å². The lowest BCUT2D eigenvalue weighted by Gasteiger charge is -2.27. The molecule has 0 aliphatic heterocycles. The van der Waals surface area contributed by atoms with Crippen LogP contribution in [-0.2, 0) is 4.79 Å². The minimum atomic E-state index is -0.804. The van der Waals surface area contributed by atoms with Crippen molar-refractivity contribution in [2.75, 3.05) is 0 Å². The van der Waals surface area contributed by atoms with Crippen molar-refractivity contribution in [1.29, 1.82) is 0 Å². The van der Waals surface area contributed by atoms with E-state index in [9.17, 15) is 14.3 Å². The molecule has 1 atom stereocenters. The van der Waals surface area contributed by atoms with Gasteiger partial charge in [-0.1, -0.05) is 19.3 Å². The summed E-state index contributed by atoms with van der Waals surface area (Å²) in [6, 6.07) is 5.51. The van der Waals surface area contributed by atoms with Crippen molar-refractivity contribution in [2.24, 2.45) is 5.92 Å². The summed E-state index contributed by atoms with van der Waals surface area (Å²) < 4.78 is 15.8. The zero-order chi connectivity index (χ0) is 13.7. The zero-order valence-electron chi connectivity index (χ0n) is 10.6. The highest BCUT2D eigenvalue weighted by molar-refractivity contribution is 7.97. The second-order valence-corrected chi connectivity index (χ2v) is 5.80. The maximum Gasteiger partial charge on any atom is 0.321 e. The second-order valence-electron chi connectivity index (χ2n) is 4.89. The van der Waals surface area contributed by atoms with E-state index in [1.54, 1.807) is 12.1 Å². The Morgan fingerprint density at radius 1 is 1.26 bits per heavy atom. The SMILES string of the molecule is O=C(O)C(NSc1ccc(F)cc1)C1CCCCC1. The lowest BCUT2D eigenvalue weighted by Crippen LogP contribution is -2.40. The van der Waals surface area contributed by atoms with Gasteiger partial charge in [0.15, 0.2) is 0 Å². The van der Waals surface area contributed by atoms with E-state index in [4.69, 9.17) is 0 Å². The Morgan fingerprint density at radius 2 is 1.89 bits per heavy atom. The molecular formula is C14H18FNO2S. The second kappa shape index (κ2) is 6.91. The largest absolute Gasteiger partial charge is 0.480 e. The first-order valence-electron chi connectivity index (χ1n) is 6.57. The van der Waals surface area contributed by atoms with Crippen LogP contribution in [-0.4, -0.2) is 17.1 Å². The van der Waals surface area contributed by atoms with Crippen LogP contribution >= 0.6 is 11.9 Å². The van der Waals surface area contributed by atoms with Crippen LogP contribution < -0.4 is 4.72 Å². The molecule has 3 nitrogen and oxygen atoms in total. The normalized spacial score (nSPS) is 18.2. The van der Waals surface area contributed by atoms with Crippen LogP contribution in [0.3, 0.4) is 0 Å². The van der Waals surface area contributed by atoms with E-state index in [2.05, 4.69) is 4.72 Å². The molecule has 0 aromatic heterocycles. The van der Waals surface area contributed by atoms with Crippen molar-refractivity contribution < 1.29 is 14.3 Å². The summed E-state index contributed by atoms with van der Waals surface area (Å²) in [5, 5.41) is 9.31. The number of halogens is 1. The van der Waals surface area contributed by atoms with Crippen molar-refractivity contribution in [1.82, 2.24) is 4.72 Å². The fourth-order valence-electron chi connectivity index (χ4n) is 2.45. The van der Waals surface area contributed by atoms with Crippen LogP contribution in [0.25, 0.3) is 0 Å². The summed E-state index contributed by atoms with van der Waals surface area (Å²) in [7, 11) is 0. The number of hydrogen-bond donors (Lipinski definition) is 2. The van der Waals surface area contributed by atoms with Gasteiger partial charge in [0.25, 0.3) is 0 Å². The third-order valence-corrected chi connectivity index (χ3v) is 4.38. The number of benzene rings is 1. The molecule has 1 saturated carbocycles. The Bertz CT molecular complexity index is 418. The van der Waals surface area contributed by atoms with Crippen LogP contribution in [0.2, 0.25) is 0 Å². The number of carboxylic acids is 1. The molecular weight excluding hydrogens is 265 g/mol. The first-order chi connectivity index (χ1) is 9.16. The van der Waals surface area contributed by atoms with Gasteiger partial charge < -0.3 is 5.11 Å². The van der Waals surface area contributed by atoms with Crippen molar-refractivity contribution in [3.8, 4) is 0 Å². The monoisotopic (exact) mass is 283 g/mol. The van der Waals surface area contributed by atoms with E-state index in [1.165, 1.54) is 30.5 Å². The molecule has 5 heteroatoms. The Morgan fingerprint density at radius 3 is 2.47 bits per heavy atom. The van der Waals surface area contributed by atoms with Gasteiger partial charge in [-0.25, -0.2) is 9.11 Å². The molecule has 2 N–H and O–H groups in total. The maximum absolute atomic E-state index is 12.8. The molecule has 0 spiro atoms. The van der Waals surface area contributed by atoms with E-state index >= 15 is 0 Å². The van der Waals surface area contributed by atoms with E-state index < -0.39 is 12.0 Å². The minimum Gasteiger partial charge on any atom is -0.480 e. The fourth-order valence-corrected chi connectivity index (χ4v) is 3.28. The Balaban J connectivity index is 1.93. The summed E-state index contributed by atoms with van der Waals surface area (Å²) in [4.78, 5) is 12.2. The molecule has 1 aromatic carbocycles. The number of rotatable bonds is 5. The Hall–Kier alpha value is -1.07. The van der Waals surface area contributed by atoms with Gasteiger partial charge in [0.1, 0.15) is 11.9 Å². The number of carbonyl (C=O) groups is 1. The first kappa shape index (κ1) is 14.3. The molecule has 1 unspecified atom stereocenters. The van der Waals surface area contributed by atoms with Crippen LogP contribution in [0.5, 0.6) is 0 Å². The lowest BCUT2D eigenvalue weighted by molar-refractivity contribution is -0.140. The number of carboxylic acid groups (broad SMARTS) is 1. The smallest absolute Gasteiger partial charge is 0.321 e. The van der Waals surface area contributed by atoms with Gasteiger partial charge in [0.2, 0.25) is 0 Å². The zero-order valence-corrected chi connectivity index (χ0v) is 11.5. The van der Waals surface area contributed by atoms with Crippen LogP contribution in [0.4, 0.5) is 4.39 Å². The van der Waals surface area contributed by atoms with Gasteiger partial charge in [-0.3, -0.25) is 4.79 Å². The van der Waals surface area contributed by atoms with E-state index in [-0.39, 0.29) is 11.7 Å². The molecule has 0 bridgehead atoms. The molecule has 104 valence electrons. The standard InChI is InChI=1S/C14H18FNO2S/c15-11-6-8-12(9-7-11)19-16-13(14(17)18)10-4-2-1-3-5-10/h6-10,13,16H,1-5H2,(H,17,18). The molecule has 0 amide bonds. The number of nitrogens with one attached hydrogen (secondary N) is 1. The minimum absolute atomic E-state index is 0.194. The van der Waals surface area contributed by atoms with Crippen LogP contribution in [0.15, 0.2) is 29.2 Å². The van der Waals surface area contributed by atoms with Crippen molar-refractivity contribution in [3.63, 3.8) is 0 Å². The molecule has 1 aliphatic rings. The first-order valence-corrected chi connectivity index (χ1v) is 7.39. The average molecular weight is 283 g/mol. The number of aliphatic carboxylic acids is 1. The average Bonchev–Trinajstić information content (AvgIpc) is 2.42. The summed E-state index contributed by atoms with van der Waals surface area (Å²) in [5.41, 5.74) is 0. The summed E-state index contributed by atoms with van der Waals surface area (Å²) in [5.74, 6) is -0.896. The molecule has 1 aliphatic carbocycles. The van der Waals surface area contributed by atoms with Crippen molar-refractivity contribution in [2.45, 2.75) is 43.0 Å². The van der Waals surface area contributed by atoms with E-state index in [0.717, 1.165) is 30.6 Å². The lowest BCUT2D eigenvalue weighted by atomic mass is 9.84. The van der Waals surface area contributed by atoms with Gasteiger partial charge >= 0.3 is 5.97 Å². The highest BCUT2D eigenvalue weighted by atomic mass is 32.2. The van der Waals surface area contributed by atoms with Gasteiger partial charge in [-0.15, -0.1) is 0 Å². The van der Waals surface area contributed by atoms with Crippen molar-refractivity contribution in [3.05, 3.63) is 30.1 Å². The molecule has 0 saturated heterocycles. The molecule has 1 aromatic rings. The predicted molar refractivity (Wildman–Crippen MR) is 73.4 cm³/mol.